The first-order chi connectivity index (χ1) is 6.31. The number of hydrogen-bond acceptors (Lipinski definition) is 4. The summed E-state index contributed by atoms with van der Waals surface area (Å²) in [5.74, 6) is 4.84. The van der Waals surface area contributed by atoms with Gasteiger partial charge in [-0.15, -0.1) is 0 Å². The van der Waals surface area contributed by atoms with Crippen molar-refractivity contribution in [3.8, 4) is 0 Å². The van der Waals surface area contributed by atoms with Gasteiger partial charge in [-0.05, 0) is 27.3 Å². The van der Waals surface area contributed by atoms with Crippen LogP contribution in [-0.4, -0.2) is 41.1 Å². The maximum absolute atomic E-state index is 11.3. The molecule has 0 saturated heterocycles. The molecule has 0 radical (unpaired) electrons. The van der Waals surface area contributed by atoms with Crippen molar-refractivity contribution in [3.63, 3.8) is 0 Å². The van der Waals surface area contributed by atoms with Crippen LogP contribution in [-0.2, 0) is 4.79 Å². The maximum Gasteiger partial charge on any atom is 0.251 e. The lowest BCUT2D eigenvalue weighted by Gasteiger charge is -2.30. The third-order valence-corrected chi connectivity index (χ3v) is 2.00. The average molecular weight is 203 g/mol. The summed E-state index contributed by atoms with van der Waals surface area (Å²) < 4.78 is 0. The van der Waals surface area contributed by atoms with Gasteiger partial charge in [0, 0.05) is 6.54 Å². The van der Waals surface area contributed by atoms with Crippen LogP contribution in [0.15, 0.2) is 0 Å². The van der Waals surface area contributed by atoms with Crippen LogP contribution in [0, 0.1) is 0 Å². The first-order valence-electron chi connectivity index (χ1n) is 4.75. The van der Waals surface area contributed by atoms with E-state index in [1.54, 1.807) is 25.8 Å². The summed E-state index contributed by atoms with van der Waals surface area (Å²) in [4.78, 5) is 13.1. The van der Waals surface area contributed by atoms with Crippen molar-refractivity contribution < 1.29 is 9.90 Å². The van der Waals surface area contributed by atoms with Crippen LogP contribution in [0.25, 0.3) is 0 Å². The lowest BCUT2D eigenvalue weighted by Crippen LogP contribution is -2.50. The van der Waals surface area contributed by atoms with Crippen LogP contribution in [0.1, 0.15) is 27.2 Å². The molecular weight excluding hydrogens is 182 g/mol. The molecule has 0 saturated carbocycles. The van der Waals surface area contributed by atoms with Gasteiger partial charge in [0.05, 0.1) is 11.6 Å². The fourth-order valence-electron chi connectivity index (χ4n) is 1.51. The standard InChI is InChI=1S/C9H21N3O2/c1-5-7(8(13)11-10)12(4)6-9(2,3)14/h7,14H,5-6,10H2,1-4H3,(H,11,13). The topological polar surface area (TPSA) is 78.6 Å². The molecule has 5 heteroatoms. The predicted molar refractivity (Wildman–Crippen MR) is 55.3 cm³/mol. The minimum Gasteiger partial charge on any atom is -0.389 e. The second-order valence-electron chi connectivity index (χ2n) is 4.16. The molecule has 1 unspecified atom stereocenters. The van der Waals surface area contributed by atoms with Crippen molar-refractivity contribution in [2.45, 2.75) is 38.8 Å². The molecule has 0 aliphatic rings. The van der Waals surface area contributed by atoms with Crippen molar-refractivity contribution in [2.24, 2.45) is 5.84 Å². The Bertz CT molecular complexity index is 189. The van der Waals surface area contributed by atoms with E-state index in [2.05, 4.69) is 5.43 Å². The molecule has 5 nitrogen and oxygen atoms in total. The van der Waals surface area contributed by atoms with E-state index in [-0.39, 0.29) is 11.9 Å². The van der Waals surface area contributed by atoms with Crippen molar-refractivity contribution in [3.05, 3.63) is 0 Å². The maximum atomic E-state index is 11.3. The highest BCUT2D eigenvalue weighted by Crippen LogP contribution is 2.08. The molecule has 4 N–H and O–H groups in total. The molecule has 0 heterocycles. The van der Waals surface area contributed by atoms with E-state index in [0.717, 1.165) is 0 Å². The molecule has 1 amide bonds. The zero-order valence-corrected chi connectivity index (χ0v) is 9.37. The predicted octanol–water partition coefficient (Wildman–Crippen LogP) is -0.542. The Balaban J connectivity index is 4.32. The molecule has 0 rings (SSSR count). The lowest BCUT2D eigenvalue weighted by atomic mass is 10.1. The summed E-state index contributed by atoms with van der Waals surface area (Å²) >= 11 is 0. The van der Waals surface area contributed by atoms with Gasteiger partial charge in [0.25, 0.3) is 5.91 Å². The smallest absolute Gasteiger partial charge is 0.251 e. The monoisotopic (exact) mass is 203 g/mol. The van der Waals surface area contributed by atoms with Crippen LogP contribution < -0.4 is 11.3 Å². The summed E-state index contributed by atoms with van der Waals surface area (Å²) in [6.45, 7) is 5.74. The number of carbonyl (C=O) groups is 1. The van der Waals surface area contributed by atoms with Crippen LogP contribution in [0.4, 0.5) is 0 Å². The van der Waals surface area contributed by atoms with Gasteiger partial charge in [-0.1, -0.05) is 6.92 Å². The van der Waals surface area contributed by atoms with Gasteiger partial charge in [0.15, 0.2) is 0 Å². The first-order valence-corrected chi connectivity index (χ1v) is 4.75. The highest BCUT2D eigenvalue weighted by molar-refractivity contribution is 5.80. The fraction of sp³-hybridized carbons (Fsp3) is 0.889. The van der Waals surface area contributed by atoms with Crippen molar-refractivity contribution >= 4 is 5.91 Å². The number of hydrazine groups is 1. The number of nitrogens with one attached hydrogen (secondary N) is 1. The SMILES string of the molecule is CCC(C(=O)NN)N(C)CC(C)(C)O. The third-order valence-electron chi connectivity index (χ3n) is 2.00. The van der Waals surface area contributed by atoms with Crippen LogP contribution in [0.2, 0.25) is 0 Å². The Morgan fingerprint density at radius 2 is 2.14 bits per heavy atom. The number of amides is 1. The molecule has 0 bridgehead atoms. The Labute approximate surface area is 85.2 Å². The van der Waals surface area contributed by atoms with Gasteiger partial charge in [-0.25, -0.2) is 5.84 Å². The van der Waals surface area contributed by atoms with Crippen molar-refractivity contribution in [1.29, 1.82) is 0 Å². The average Bonchev–Trinajstić information content (AvgIpc) is 2.01. The van der Waals surface area contributed by atoms with Gasteiger partial charge in [0.2, 0.25) is 0 Å². The van der Waals surface area contributed by atoms with E-state index >= 15 is 0 Å². The fourth-order valence-corrected chi connectivity index (χ4v) is 1.51. The number of likely N-dealkylation sites (N-methyl/N-ethyl adjacent to an activating group) is 1. The number of aliphatic hydroxyl groups is 1. The third kappa shape index (κ3) is 4.55. The second-order valence-corrected chi connectivity index (χ2v) is 4.16. The Morgan fingerprint density at radius 3 is 2.43 bits per heavy atom. The summed E-state index contributed by atoms with van der Waals surface area (Å²) in [5, 5.41) is 9.58. The minimum absolute atomic E-state index is 0.223. The molecular formula is C9H21N3O2. The van der Waals surface area contributed by atoms with Crippen molar-refractivity contribution in [1.82, 2.24) is 10.3 Å². The molecule has 0 fully saturated rings. The zero-order valence-electron chi connectivity index (χ0n) is 9.37. The van der Waals surface area contributed by atoms with E-state index in [9.17, 15) is 9.90 Å². The molecule has 14 heavy (non-hydrogen) atoms. The molecule has 1 atom stereocenters. The molecule has 84 valence electrons. The van der Waals surface area contributed by atoms with E-state index < -0.39 is 5.60 Å². The quantitative estimate of drug-likeness (QED) is 0.318. The highest BCUT2D eigenvalue weighted by Gasteiger charge is 2.25. The number of nitrogens with zero attached hydrogens (tertiary/aromatic N) is 1. The number of carbonyl (C=O) groups excluding carboxylic acids is 1. The van der Waals surface area contributed by atoms with Gasteiger partial charge < -0.3 is 5.11 Å². The van der Waals surface area contributed by atoms with Crippen molar-refractivity contribution in [2.75, 3.05) is 13.6 Å². The summed E-state index contributed by atoms with van der Waals surface area (Å²) in [5.41, 5.74) is 1.31. The van der Waals surface area contributed by atoms with E-state index in [1.807, 2.05) is 6.92 Å². The number of nitrogens with two attached hydrogens (primary N) is 1. The first kappa shape index (κ1) is 13.4. The molecule has 0 aliphatic heterocycles. The van der Waals surface area contributed by atoms with Crippen LogP contribution in [0.5, 0.6) is 0 Å². The Morgan fingerprint density at radius 1 is 1.64 bits per heavy atom. The Kier molecular flexibility index (Phi) is 5.04. The molecule has 0 aromatic heterocycles. The van der Waals surface area contributed by atoms with E-state index in [4.69, 9.17) is 5.84 Å². The summed E-state index contributed by atoms with van der Waals surface area (Å²) in [6, 6.07) is -0.286. The Hall–Kier alpha value is -0.650. The molecule has 0 aliphatic carbocycles. The highest BCUT2D eigenvalue weighted by atomic mass is 16.3. The van der Waals surface area contributed by atoms with Crippen LogP contribution >= 0.6 is 0 Å². The number of hydrogen-bond donors (Lipinski definition) is 3. The van der Waals surface area contributed by atoms with Gasteiger partial charge in [-0.3, -0.25) is 15.1 Å². The summed E-state index contributed by atoms with van der Waals surface area (Å²) in [7, 11) is 1.79. The summed E-state index contributed by atoms with van der Waals surface area (Å²) in [6.07, 6.45) is 0.662. The lowest BCUT2D eigenvalue weighted by molar-refractivity contribution is -0.127. The van der Waals surface area contributed by atoms with E-state index in [1.165, 1.54) is 0 Å². The van der Waals surface area contributed by atoms with Gasteiger partial charge in [-0.2, -0.15) is 0 Å². The molecule has 0 spiro atoms. The van der Waals surface area contributed by atoms with Gasteiger partial charge in [0.1, 0.15) is 0 Å². The number of rotatable bonds is 5. The largest absolute Gasteiger partial charge is 0.389 e. The zero-order chi connectivity index (χ0) is 11.4. The second kappa shape index (κ2) is 5.29. The minimum atomic E-state index is -0.808. The molecule has 0 aromatic carbocycles. The molecule has 0 aromatic rings. The van der Waals surface area contributed by atoms with E-state index in [0.29, 0.717) is 13.0 Å². The normalized spacial score (nSPS) is 14.2. The van der Waals surface area contributed by atoms with Crippen LogP contribution in [0.3, 0.4) is 0 Å². The van der Waals surface area contributed by atoms with Gasteiger partial charge >= 0.3 is 0 Å².